The number of thiazole rings is 1. The second-order valence-electron chi connectivity index (χ2n) is 9.19. The topological polar surface area (TPSA) is 123 Å². The summed E-state index contributed by atoms with van der Waals surface area (Å²) in [4.78, 5) is 32.6. The van der Waals surface area contributed by atoms with Crippen molar-refractivity contribution in [1.29, 1.82) is 0 Å². The molecule has 0 aliphatic carbocycles. The first-order valence-corrected chi connectivity index (χ1v) is 10.9. The maximum Gasteiger partial charge on any atom is 0.243 e. The average molecular weight is 431 g/mol. The molecule has 2 amide bonds. The van der Waals surface area contributed by atoms with E-state index in [1.807, 2.05) is 57.5 Å². The van der Waals surface area contributed by atoms with E-state index in [9.17, 15) is 14.7 Å². The number of benzene rings is 1. The predicted octanol–water partition coefficient (Wildman–Crippen LogP) is 1.85. The lowest BCUT2D eigenvalue weighted by molar-refractivity contribution is -0.146. The second-order valence-corrected chi connectivity index (χ2v) is 10.0. The normalized spacial score (nSPS) is 22.9. The van der Waals surface area contributed by atoms with Crippen molar-refractivity contribution >= 4 is 23.2 Å². The Balaban J connectivity index is 1.92. The van der Waals surface area contributed by atoms with Gasteiger partial charge in [-0.05, 0) is 23.5 Å². The number of aromatic nitrogens is 1. The van der Waals surface area contributed by atoms with Gasteiger partial charge in [0.1, 0.15) is 5.54 Å². The predicted molar refractivity (Wildman–Crippen MR) is 118 cm³/mol. The SMILES string of the molecule is Cc1ncsc1-c1ccc(CC2(C(N)=O)CC(O)CN2C(=O)C(N)C(C)(C)C)cc1. The van der Waals surface area contributed by atoms with Crippen LogP contribution in [0.1, 0.15) is 38.4 Å². The number of primary amides is 1. The van der Waals surface area contributed by atoms with Crippen molar-refractivity contribution in [1.82, 2.24) is 9.88 Å². The molecule has 8 heteroatoms. The van der Waals surface area contributed by atoms with E-state index in [2.05, 4.69) is 4.98 Å². The molecule has 1 aromatic heterocycles. The summed E-state index contributed by atoms with van der Waals surface area (Å²) in [5, 5.41) is 10.3. The van der Waals surface area contributed by atoms with Crippen molar-refractivity contribution in [3.05, 3.63) is 41.0 Å². The quantitative estimate of drug-likeness (QED) is 0.668. The molecule has 1 aliphatic heterocycles. The molecule has 5 N–H and O–H groups in total. The van der Waals surface area contributed by atoms with Crippen LogP contribution in [-0.4, -0.2) is 51.0 Å². The molecule has 3 unspecified atom stereocenters. The van der Waals surface area contributed by atoms with Crippen LogP contribution < -0.4 is 11.5 Å². The highest BCUT2D eigenvalue weighted by atomic mass is 32.1. The standard InChI is InChI=1S/C22H30N4O3S/c1-13-17(30-12-25-13)15-7-5-14(6-8-15)9-22(20(24)29)10-16(27)11-26(22)19(28)18(23)21(2,3)4/h5-8,12,16,18,27H,9-11,23H2,1-4H3,(H2,24,29). The highest BCUT2D eigenvalue weighted by molar-refractivity contribution is 7.13. The molecule has 7 nitrogen and oxygen atoms in total. The van der Waals surface area contributed by atoms with E-state index in [0.717, 1.165) is 21.7 Å². The molecule has 0 bridgehead atoms. The number of nitrogens with zero attached hydrogens (tertiary/aromatic N) is 2. The first-order valence-electron chi connectivity index (χ1n) is 10.00. The number of rotatable bonds is 5. The number of β-amino-alcohol motifs (C(OH)–C–C–N with tert-alkyl or cyclic N) is 1. The molecular weight excluding hydrogens is 400 g/mol. The zero-order valence-electron chi connectivity index (χ0n) is 17.9. The van der Waals surface area contributed by atoms with Gasteiger partial charge in [0.25, 0.3) is 0 Å². The van der Waals surface area contributed by atoms with Crippen LogP contribution in [0.3, 0.4) is 0 Å². The number of likely N-dealkylation sites (tertiary alicyclic amines) is 1. The summed E-state index contributed by atoms with van der Waals surface area (Å²) < 4.78 is 0. The zero-order valence-corrected chi connectivity index (χ0v) is 18.7. The highest BCUT2D eigenvalue weighted by Gasteiger charge is 2.53. The summed E-state index contributed by atoms with van der Waals surface area (Å²) in [6.07, 6.45) is -0.502. The zero-order chi connectivity index (χ0) is 22.3. The number of nitrogens with two attached hydrogens (primary N) is 2. The van der Waals surface area contributed by atoms with Crippen molar-refractivity contribution < 1.29 is 14.7 Å². The first-order chi connectivity index (χ1) is 14.0. The van der Waals surface area contributed by atoms with Crippen LogP contribution in [0, 0.1) is 12.3 Å². The van der Waals surface area contributed by atoms with E-state index < -0.39 is 29.0 Å². The Morgan fingerprint density at radius 1 is 1.33 bits per heavy atom. The van der Waals surface area contributed by atoms with Gasteiger partial charge in [0.05, 0.1) is 28.2 Å². The lowest BCUT2D eigenvalue weighted by Gasteiger charge is -2.39. The van der Waals surface area contributed by atoms with Gasteiger partial charge in [0.2, 0.25) is 11.8 Å². The number of aliphatic hydroxyl groups excluding tert-OH is 1. The average Bonchev–Trinajstić information content (AvgIpc) is 3.24. The molecule has 3 atom stereocenters. The molecule has 1 aromatic carbocycles. The smallest absolute Gasteiger partial charge is 0.243 e. The van der Waals surface area contributed by atoms with E-state index in [4.69, 9.17) is 11.5 Å². The van der Waals surface area contributed by atoms with Gasteiger partial charge in [-0.2, -0.15) is 0 Å². The largest absolute Gasteiger partial charge is 0.391 e. The highest BCUT2D eigenvalue weighted by Crippen LogP contribution is 2.36. The first kappa shape index (κ1) is 22.4. The lowest BCUT2D eigenvalue weighted by atomic mass is 9.83. The molecule has 2 heterocycles. The van der Waals surface area contributed by atoms with Crippen molar-refractivity contribution in [2.24, 2.45) is 16.9 Å². The van der Waals surface area contributed by atoms with Crippen LogP contribution in [0.4, 0.5) is 0 Å². The van der Waals surface area contributed by atoms with Gasteiger partial charge >= 0.3 is 0 Å². The van der Waals surface area contributed by atoms with Crippen molar-refractivity contribution in [2.75, 3.05) is 6.54 Å². The van der Waals surface area contributed by atoms with E-state index in [1.54, 1.807) is 11.3 Å². The number of aliphatic hydroxyl groups is 1. The molecule has 0 saturated carbocycles. The van der Waals surface area contributed by atoms with E-state index in [1.165, 1.54) is 4.90 Å². The summed E-state index contributed by atoms with van der Waals surface area (Å²) in [5.74, 6) is -0.995. The molecule has 30 heavy (non-hydrogen) atoms. The fourth-order valence-corrected chi connectivity index (χ4v) is 4.78. The molecule has 0 spiro atoms. The molecule has 1 fully saturated rings. The summed E-state index contributed by atoms with van der Waals surface area (Å²) in [6.45, 7) is 7.61. The third-order valence-electron chi connectivity index (χ3n) is 5.87. The summed E-state index contributed by atoms with van der Waals surface area (Å²) in [5.41, 5.74) is 14.9. The van der Waals surface area contributed by atoms with Crippen LogP contribution in [-0.2, 0) is 16.0 Å². The van der Waals surface area contributed by atoms with Crippen LogP contribution in [0.2, 0.25) is 0 Å². The summed E-state index contributed by atoms with van der Waals surface area (Å²) >= 11 is 1.57. The van der Waals surface area contributed by atoms with E-state index >= 15 is 0 Å². The number of hydrogen-bond donors (Lipinski definition) is 3. The van der Waals surface area contributed by atoms with Crippen LogP contribution in [0.25, 0.3) is 10.4 Å². The van der Waals surface area contributed by atoms with Crippen molar-refractivity contribution in [3.8, 4) is 10.4 Å². The van der Waals surface area contributed by atoms with Gasteiger partial charge in [-0.15, -0.1) is 11.3 Å². The Labute approximate surface area is 181 Å². The molecule has 1 saturated heterocycles. The van der Waals surface area contributed by atoms with Crippen molar-refractivity contribution in [3.63, 3.8) is 0 Å². The third kappa shape index (κ3) is 4.12. The molecule has 1 aliphatic rings. The maximum absolute atomic E-state index is 13.2. The van der Waals surface area contributed by atoms with Crippen molar-refractivity contribution in [2.45, 2.75) is 58.2 Å². The minimum atomic E-state index is -1.30. The molecular formula is C22H30N4O3S. The van der Waals surface area contributed by atoms with Crippen LogP contribution >= 0.6 is 11.3 Å². The number of carbonyl (C=O) groups is 2. The van der Waals surface area contributed by atoms with Gasteiger partial charge in [0, 0.05) is 19.4 Å². The summed E-state index contributed by atoms with van der Waals surface area (Å²) in [7, 11) is 0. The van der Waals surface area contributed by atoms with E-state index in [-0.39, 0.29) is 25.3 Å². The Bertz CT molecular complexity index is 935. The number of hydrogen-bond acceptors (Lipinski definition) is 6. The minimum Gasteiger partial charge on any atom is -0.391 e. The minimum absolute atomic E-state index is 0.0453. The number of amides is 2. The van der Waals surface area contributed by atoms with Gasteiger partial charge < -0.3 is 21.5 Å². The second kappa shape index (κ2) is 8.09. The van der Waals surface area contributed by atoms with Crippen LogP contribution in [0.15, 0.2) is 29.8 Å². The Kier molecular flexibility index (Phi) is 6.04. The van der Waals surface area contributed by atoms with Gasteiger partial charge in [-0.3, -0.25) is 9.59 Å². The molecule has 3 rings (SSSR count). The lowest BCUT2D eigenvalue weighted by Crippen LogP contribution is -2.62. The van der Waals surface area contributed by atoms with E-state index in [0.29, 0.717) is 0 Å². The number of carbonyl (C=O) groups excluding carboxylic acids is 2. The molecule has 162 valence electrons. The van der Waals surface area contributed by atoms with Gasteiger partial charge in [0.15, 0.2) is 0 Å². The Hall–Kier alpha value is -2.29. The molecule has 2 aromatic rings. The Morgan fingerprint density at radius 3 is 2.47 bits per heavy atom. The fraction of sp³-hybridized carbons (Fsp3) is 0.500. The summed E-state index contributed by atoms with van der Waals surface area (Å²) in [6, 6.07) is 7.00. The number of aryl methyl sites for hydroxylation is 1. The van der Waals surface area contributed by atoms with Gasteiger partial charge in [-0.1, -0.05) is 45.0 Å². The fourth-order valence-electron chi connectivity index (χ4n) is 3.97. The monoisotopic (exact) mass is 430 g/mol. The molecule has 0 radical (unpaired) electrons. The third-order valence-corrected chi connectivity index (χ3v) is 6.84. The Morgan fingerprint density at radius 2 is 1.97 bits per heavy atom. The van der Waals surface area contributed by atoms with Gasteiger partial charge in [-0.25, -0.2) is 4.98 Å². The van der Waals surface area contributed by atoms with Crippen LogP contribution in [0.5, 0.6) is 0 Å². The maximum atomic E-state index is 13.2.